The van der Waals surface area contributed by atoms with Crippen LogP contribution in [0.5, 0.6) is 0 Å². The van der Waals surface area contributed by atoms with Gasteiger partial charge in [0.25, 0.3) is 0 Å². The molecule has 0 amide bonds. The van der Waals surface area contributed by atoms with Crippen LogP contribution in [0.4, 0.5) is 0 Å². The fraction of sp³-hybridized carbons (Fsp3) is 0.588. The highest BCUT2D eigenvalue weighted by Crippen LogP contribution is 2.21. The molecule has 1 rings (SSSR count). The Morgan fingerprint density at radius 1 is 1.40 bits per heavy atom. The summed E-state index contributed by atoms with van der Waals surface area (Å²) in [4.78, 5) is 12.7. The molecule has 1 atom stereocenters. The average Bonchev–Trinajstić information content (AvgIpc) is 2.38. The molecule has 0 aliphatic carbocycles. The third-order valence-electron chi connectivity index (χ3n) is 3.84. The van der Waals surface area contributed by atoms with Crippen LogP contribution >= 0.6 is 11.6 Å². The van der Waals surface area contributed by atoms with Crippen molar-refractivity contribution in [3.05, 3.63) is 34.3 Å². The maximum Gasteiger partial charge on any atom is 0.180 e. The zero-order valence-electron chi connectivity index (χ0n) is 13.4. The molecule has 2 nitrogen and oxygen atoms in total. The van der Waals surface area contributed by atoms with Gasteiger partial charge in [-0.3, -0.25) is 4.79 Å². The molecule has 20 heavy (non-hydrogen) atoms. The zero-order chi connectivity index (χ0) is 15.5. The lowest BCUT2D eigenvalue weighted by atomic mass is 9.90. The minimum atomic E-state index is -0.191. The van der Waals surface area contributed by atoms with Gasteiger partial charge in [0, 0.05) is 105 Å². The van der Waals surface area contributed by atoms with Crippen molar-refractivity contribution in [2.45, 2.75) is 59.5 Å². The summed E-state index contributed by atoms with van der Waals surface area (Å²) in [5, 5.41) is 4.13. The number of ketones is 1. The van der Waals surface area contributed by atoms with Gasteiger partial charge in [0.1, 0.15) is 0 Å². The Balaban J connectivity index is -0.00000000108. The van der Waals surface area contributed by atoms with Crippen LogP contribution in [0.3, 0.4) is 0 Å². The molecule has 0 saturated heterocycles. The maximum absolute atomic E-state index is 12.7. The van der Waals surface area contributed by atoms with E-state index in [0.29, 0.717) is 10.6 Å². The number of Topliss-reactive ketones (excluding diaryl/α,β-unsaturated/α-hetero) is 1. The highest BCUT2D eigenvalue weighted by atomic mass is 35.5. The quantitative estimate of drug-likeness (QED) is 0.463. The van der Waals surface area contributed by atoms with Crippen LogP contribution in [0.25, 0.3) is 0 Å². The van der Waals surface area contributed by atoms with E-state index in [9.17, 15) is 4.79 Å². The summed E-state index contributed by atoms with van der Waals surface area (Å²) >= 11 is 6.13. The maximum atomic E-state index is 12.7. The summed E-state index contributed by atoms with van der Waals surface area (Å²) in [5.74, 6) is 0.344. The van der Waals surface area contributed by atoms with Crippen LogP contribution in [0, 0.1) is 12.8 Å². The van der Waals surface area contributed by atoms with Gasteiger partial charge in [0.05, 0.1) is 6.04 Å². The fourth-order valence-electron chi connectivity index (χ4n) is 1.98. The first-order valence-corrected chi connectivity index (χ1v) is 7.64. The van der Waals surface area contributed by atoms with E-state index in [4.69, 9.17) is 11.6 Å². The van der Waals surface area contributed by atoms with Crippen LogP contribution in [0.15, 0.2) is 18.2 Å². The SMILES string of the molecule is CCC(C)(C)NC(C(=O)c1ccc(C)c(Cl)c1)C(C)C.[HH].[HH].[HH].[HH].[HH].[HH].[HH].[HH].[HH].[HH].[HH].[HH].[HH].[HH].[HH].[HH].[HH].[HH].[HH].[HH].[HH].[HH].[HH].[HH].[HH].[HH].[HH].[HH].[HH].[HH].[HH].[HH].[HH].[HH].[HH].[HH].[HH].[HH].[HH].[HH].[HH].[HH].[HH].[HH].[HH].[HH].[HH].[HH].[HH].[HH].[HH].[HH].[HH].[HH].[HH].[HH].[HH].[HH].[HH].[HH].[HH].[HH]. The van der Waals surface area contributed by atoms with E-state index in [0.717, 1.165) is 12.0 Å². The van der Waals surface area contributed by atoms with Gasteiger partial charge in [0.2, 0.25) is 0 Å². The lowest BCUT2D eigenvalue weighted by Gasteiger charge is -2.32. The van der Waals surface area contributed by atoms with E-state index in [2.05, 4.69) is 39.9 Å². The summed E-state index contributed by atoms with van der Waals surface area (Å²) in [5.41, 5.74) is 1.61. The molecule has 0 aliphatic heterocycles. The van der Waals surface area contributed by atoms with Crippen molar-refractivity contribution in [2.24, 2.45) is 5.92 Å². The number of aryl methyl sites for hydroxylation is 1. The van der Waals surface area contributed by atoms with Gasteiger partial charge in [-0.25, -0.2) is 0 Å². The molecule has 0 aromatic heterocycles. The predicted molar refractivity (Wildman–Crippen MR) is 218 cm³/mol. The van der Waals surface area contributed by atoms with Gasteiger partial charge >= 0.3 is 0 Å². The molecule has 1 aromatic rings. The minimum absolute atomic E-state index is 0. The number of hydrogen-bond acceptors (Lipinski definition) is 2. The molecule has 236 valence electrons. The Hall–Kier alpha value is -0.860. The lowest BCUT2D eigenvalue weighted by Crippen LogP contribution is -2.51. The fourth-order valence-corrected chi connectivity index (χ4v) is 2.16. The van der Waals surface area contributed by atoms with Crippen molar-refractivity contribution >= 4 is 17.4 Å². The van der Waals surface area contributed by atoms with E-state index < -0.39 is 0 Å². The van der Waals surface area contributed by atoms with E-state index in [1.54, 1.807) is 6.07 Å². The summed E-state index contributed by atoms with van der Waals surface area (Å²) in [6.45, 7) is 12.4. The van der Waals surface area contributed by atoms with E-state index in [-0.39, 0.29) is 112 Å². The van der Waals surface area contributed by atoms with Gasteiger partial charge in [-0.05, 0) is 44.7 Å². The van der Waals surface area contributed by atoms with Gasteiger partial charge in [-0.1, -0.05) is 44.5 Å². The lowest BCUT2D eigenvalue weighted by molar-refractivity contribution is 0.0890. The molecule has 0 fully saturated rings. The molecular formula is C17H150ClNO. The van der Waals surface area contributed by atoms with Crippen molar-refractivity contribution < 1.29 is 93.2 Å². The molecular weight excluding hydrogens is 270 g/mol. The first kappa shape index (κ1) is 17.2. The minimum Gasteiger partial charge on any atom is -0.302 e. The Labute approximate surface area is 220 Å². The number of rotatable bonds is 6. The third-order valence-corrected chi connectivity index (χ3v) is 4.24. The number of nitrogens with one attached hydrogen (secondary N) is 1. The topological polar surface area (TPSA) is 29.1 Å². The average molecular weight is 421 g/mol. The van der Waals surface area contributed by atoms with Crippen LogP contribution in [-0.2, 0) is 0 Å². The smallest absolute Gasteiger partial charge is 0.180 e. The summed E-state index contributed by atoms with van der Waals surface area (Å²) in [7, 11) is 0. The second-order valence-electron chi connectivity index (χ2n) is 6.43. The Morgan fingerprint density at radius 2 is 2.00 bits per heavy atom. The summed E-state index contributed by atoms with van der Waals surface area (Å²) in [6.07, 6.45) is 0.970. The second-order valence-corrected chi connectivity index (χ2v) is 6.84. The monoisotopic (exact) mass is 420 g/mol. The highest BCUT2D eigenvalue weighted by molar-refractivity contribution is 6.31. The van der Waals surface area contributed by atoms with E-state index in [1.165, 1.54) is 0 Å². The molecule has 1 unspecified atom stereocenters. The number of carbonyl (C=O) groups is 1. The zero-order valence-corrected chi connectivity index (χ0v) is 14.1. The Kier molecular flexibility index (Phi) is 5.79. The van der Waals surface area contributed by atoms with Crippen LogP contribution < -0.4 is 5.32 Å². The van der Waals surface area contributed by atoms with Gasteiger partial charge < -0.3 is 5.32 Å². The molecule has 0 bridgehead atoms. The second kappa shape index (κ2) is 6.73. The normalized spacial score (nSPS) is 13.6. The Bertz CT molecular complexity index is 546. The van der Waals surface area contributed by atoms with Crippen molar-refractivity contribution in [3.63, 3.8) is 0 Å². The largest absolute Gasteiger partial charge is 0.302 e. The molecule has 1 aromatic carbocycles. The number of benzene rings is 1. The van der Waals surface area contributed by atoms with Crippen LogP contribution in [-0.4, -0.2) is 17.4 Å². The first-order valence-electron chi connectivity index (χ1n) is 7.26. The predicted octanol–water partition coefficient (Wildman–Crippen LogP) is 19.9. The molecule has 0 heterocycles. The molecule has 0 aliphatic rings. The molecule has 0 saturated carbocycles. The van der Waals surface area contributed by atoms with Crippen LogP contribution in [0.2, 0.25) is 5.02 Å². The molecule has 0 spiro atoms. The van der Waals surface area contributed by atoms with E-state index in [1.807, 2.05) is 19.1 Å². The highest BCUT2D eigenvalue weighted by Gasteiger charge is 2.28. The van der Waals surface area contributed by atoms with Crippen LogP contribution in [0.1, 0.15) is 145 Å². The van der Waals surface area contributed by atoms with Crippen molar-refractivity contribution in [1.82, 2.24) is 5.32 Å². The third kappa shape index (κ3) is 4.32. The molecule has 0 radical (unpaired) electrons. The first-order chi connectivity index (χ1) is 9.18. The molecule has 1 N–H and O–H groups in total. The van der Waals surface area contributed by atoms with Crippen molar-refractivity contribution in [1.29, 1.82) is 0 Å². The Morgan fingerprint density at radius 3 is 2.45 bits per heavy atom. The standard InChI is InChI=1S/C17H26ClNO.62H2/c1-7-17(5,6)19-15(11(2)3)16(20)13-9-8-12(4)14(18)10-13;;;;;;;;;;;;;;;;;;;;;;;;;;;;;;;;;;;;;;;;;;;;;;;;;;;;;;;;;;;;;;/h8-11,15,19H,7H2,1-6H3;62*1H. The van der Waals surface area contributed by atoms with Gasteiger partial charge in [-0.2, -0.15) is 0 Å². The van der Waals surface area contributed by atoms with Gasteiger partial charge in [-0.15, -0.1) is 0 Å². The summed E-state index contributed by atoms with van der Waals surface area (Å²) < 4.78 is 0. The number of halogens is 1. The van der Waals surface area contributed by atoms with Crippen molar-refractivity contribution in [3.8, 4) is 0 Å². The van der Waals surface area contributed by atoms with Gasteiger partial charge in [0.15, 0.2) is 5.78 Å². The number of carbonyl (C=O) groups excluding carboxylic acids is 1. The number of hydrogen-bond donors (Lipinski definition) is 1. The molecule has 3 heteroatoms. The summed E-state index contributed by atoms with van der Waals surface area (Å²) in [6, 6.07) is 5.34. The van der Waals surface area contributed by atoms with E-state index >= 15 is 0 Å². The van der Waals surface area contributed by atoms with Crippen molar-refractivity contribution in [2.75, 3.05) is 0 Å².